The summed E-state index contributed by atoms with van der Waals surface area (Å²) >= 11 is 0. The lowest BCUT2D eigenvalue weighted by Gasteiger charge is -2.25. The molecule has 0 amide bonds. The maximum atomic E-state index is 12.2. The molecule has 1 rings (SSSR count). The van der Waals surface area contributed by atoms with E-state index in [1.54, 1.807) is 37.9 Å². The van der Waals surface area contributed by atoms with Crippen molar-refractivity contribution in [3.63, 3.8) is 0 Å². The van der Waals surface area contributed by atoms with Crippen LogP contribution in [0.15, 0.2) is 29.2 Å². The average molecular weight is 296 g/mol. The summed E-state index contributed by atoms with van der Waals surface area (Å²) < 4.78 is 24.3. The molecule has 0 spiro atoms. The summed E-state index contributed by atoms with van der Waals surface area (Å²) in [5, 5.41) is 18.5. The summed E-state index contributed by atoms with van der Waals surface area (Å²) in [6.45, 7) is 4.06. The molecule has 0 aliphatic carbocycles. The van der Waals surface area contributed by atoms with E-state index in [2.05, 4.69) is 0 Å². The lowest BCUT2D eigenvalue weighted by atomic mass is 10.1. The summed E-state index contributed by atoms with van der Waals surface area (Å²) in [6.07, 6.45) is 0. The van der Waals surface area contributed by atoms with Crippen LogP contribution in [-0.2, 0) is 9.84 Å². The molecule has 0 atom stereocenters. The molecule has 0 unspecified atom stereocenters. The third kappa shape index (κ3) is 5.29. The van der Waals surface area contributed by atoms with Crippen LogP contribution in [0.1, 0.15) is 19.4 Å². The van der Waals surface area contributed by atoms with Gasteiger partial charge in [-0.25, -0.2) is 8.42 Å². The smallest absolute Gasteiger partial charge is 0.179 e. The fourth-order valence-corrected chi connectivity index (χ4v) is 3.27. The van der Waals surface area contributed by atoms with Crippen molar-refractivity contribution < 1.29 is 13.5 Å². The third-order valence-electron chi connectivity index (χ3n) is 2.72. The molecule has 110 valence electrons. The van der Waals surface area contributed by atoms with Crippen LogP contribution < -0.4 is 0 Å². The molecule has 0 fully saturated rings. The fraction of sp³-hybridized carbons (Fsp3) is 0.500. The summed E-state index contributed by atoms with van der Waals surface area (Å²) in [5.41, 5.74) is -0.532. The van der Waals surface area contributed by atoms with Crippen LogP contribution in [0.3, 0.4) is 0 Å². The SMILES string of the molecule is CN(CCS(=O)(=O)c1cccc(C#N)c1)CC(C)(C)O. The molecule has 5 nitrogen and oxygen atoms in total. The summed E-state index contributed by atoms with van der Waals surface area (Å²) in [4.78, 5) is 1.93. The number of hydrogen-bond donors (Lipinski definition) is 1. The second-order valence-electron chi connectivity index (χ2n) is 5.51. The largest absolute Gasteiger partial charge is 0.389 e. The van der Waals surface area contributed by atoms with E-state index in [9.17, 15) is 13.5 Å². The Bertz CT molecular complexity index is 598. The van der Waals surface area contributed by atoms with Crippen molar-refractivity contribution in [3.8, 4) is 6.07 Å². The van der Waals surface area contributed by atoms with Crippen LogP contribution in [0, 0.1) is 11.3 Å². The zero-order valence-electron chi connectivity index (χ0n) is 12.0. The Morgan fingerprint density at radius 2 is 2.05 bits per heavy atom. The van der Waals surface area contributed by atoms with E-state index in [-0.39, 0.29) is 10.6 Å². The Hall–Kier alpha value is -1.42. The van der Waals surface area contributed by atoms with Gasteiger partial charge in [0.05, 0.1) is 27.9 Å². The van der Waals surface area contributed by atoms with Gasteiger partial charge in [-0.2, -0.15) is 5.26 Å². The molecule has 0 heterocycles. The number of nitriles is 1. The number of likely N-dealkylation sites (N-methyl/N-ethyl adjacent to an activating group) is 1. The molecule has 0 aliphatic rings. The van der Waals surface area contributed by atoms with Gasteiger partial charge in [0.15, 0.2) is 9.84 Å². The highest BCUT2D eigenvalue weighted by molar-refractivity contribution is 7.91. The van der Waals surface area contributed by atoms with E-state index >= 15 is 0 Å². The number of nitrogens with zero attached hydrogens (tertiary/aromatic N) is 2. The predicted molar refractivity (Wildman–Crippen MR) is 77.0 cm³/mol. The van der Waals surface area contributed by atoms with Crippen LogP contribution >= 0.6 is 0 Å². The van der Waals surface area contributed by atoms with Gasteiger partial charge in [-0.15, -0.1) is 0 Å². The Balaban J connectivity index is 2.73. The quantitative estimate of drug-likeness (QED) is 0.848. The van der Waals surface area contributed by atoms with Crippen molar-refractivity contribution in [2.24, 2.45) is 0 Å². The minimum Gasteiger partial charge on any atom is -0.389 e. The van der Waals surface area contributed by atoms with Gasteiger partial charge in [0.1, 0.15) is 0 Å². The van der Waals surface area contributed by atoms with Crippen molar-refractivity contribution in [1.82, 2.24) is 4.90 Å². The van der Waals surface area contributed by atoms with Crippen LogP contribution in [0.2, 0.25) is 0 Å². The molecular weight excluding hydrogens is 276 g/mol. The number of rotatable bonds is 6. The molecule has 6 heteroatoms. The lowest BCUT2D eigenvalue weighted by Crippen LogP contribution is -2.38. The van der Waals surface area contributed by atoms with Crippen molar-refractivity contribution in [1.29, 1.82) is 5.26 Å². The van der Waals surface area contributed by atoms with Crippen molar-refractivity contribution in [3.05, 3.63) is 29.8 Å². The summed E-state index contributed by atoms with van der Waals surface area (Å²) in [6, 6.07) is 7.93. The highest BCUT2D eigenvalue weighted by Gasteiger charge is 2.19. The zero-order valence-corrected chi connectivity index (χ0v) is 12.8. The van der Waals surface area contributed by atoms with Gasteiger partial charge < -0.3 is 10.0 Å². The van der Waals surface area contributed by atoms with E-state index in [0.29, 0.717) is 18.7 Å². The molecule has 0 bridgehead atoms. The van der Waals surface area contributed by atoms with Crippen LogP contribution in [0.5, 0.6) is 0 Å². The zero-order chi connectivity index (χ0) is 15.4. The second kappa shape index (κ2) is 6.35. The van der Waals surface area contributed by atoms with Gasteiger partial charge in [-0.3, -0.25) is 0 Å². The first kappa shape index (κ1) is 16.6. The Labute approximate surface area is 120 Å². The van der Waals surface area contributed by atoms with Gasteiger partial charge in [0.2, 0.25) is 0 Å². The summed E-state index contributed by atoms with van der Waals surface area (Å²) in [5.74, 6) is -0.0472. The molecule has 0 aliphatic heterocycles. The lowest BCUT2D eigenvalue weighted by molar-refractivity contribution is 0.0463. The second-order valence-corrected chi connectivity index (χ2v) is 7.62. The number of sulfone groups is 1. The molecule has 0 radical (unpaired) electrons. The molecule has 20 heavy (non-hydrogen) atoms. The molecule has 1 N–H and O–H groups in total. The monoisotopic (exact) mass is 296 g/mol. The molecular formula is C14H20N2O3S. The molecule has 1 aromatic rings. The van der Waals surface area contributed by atoms with Crippen molar-refractivity contribution >= 4 is 9.84 Å². The van der Waals surface area contributed by atoms with E-state index in [0.717, 1.165) is 0 Å². The normalized spacial score (nSPS) is 12.4. The van der Waals surface area contributed by atoms with Crippen LogP contribution in [0.4, 0.5) is 0 Å². The number of aliphatic hydroxyl groups is 1. The maximum absolute atomic E-state index is 12.2. The Kier molecular flexibility index (Phi) is 5.28. The number of hydrogen-bond acceptors (Lipinski definition) is 5. The van der Waals surface area contributed by atoms with Gasteiger partial charge in [-0.1, -0.05) is 6.07 Å². The van der Waals surface area contributed by atoms with Crippen LogP contribution in [-0.4, -0.2) is 49.9 Å². The highest BCUT2D eigenvalue weighted by atomic mass is 32.2. The topological polar surface area (TPSA) is 81.4 Å². The molecule has 0 saturated carbocycles. The van der Waals surface area contributed by atoms with Crippen molar-refractivity contribution in [2.45, 2.75) is 24.3 Å². The van der Waals surface area contributed by atoms with Gasteiger partial charge in [-0.05, 0) is 39.1 Å². The van der Waals surface area contributed by atoms with Gasteiger partial charge in [0.25, 0.3) is 0 Å². The summed E-state index contributed by atoms with van der Waals surface area (Å²) in [7, 11) is -1.65. The maximum Gasteiger partial charge on any atom is 0.179 e. The van der Waals surface area contributed by atoms with Gasteiger partial charge >= 0.3 is 0 Å². The number of benzene rings is 1. The predicted octanol–water partition coefficient (Wildman–Crippen LogP) is 1.03. The minimum absolute atomic E-state index is 0.0472. The van der Waals surface area contributed by atoms with E-state index in [4.69, 9.17) is 5.26 Å². The Morgan fingerprint density at radius 3 is 2.60 bits per heavy atom. The molecule has 1 aromatic carbocycles. The van der Waals surface area contributed by atoms with E-state index < -0.39 is 15.4 Å². The molecule has 0 aromatic heterocycles. The average Bonchev–Trinajstić information content (AvgIpc) is 2.35. The van der Waals surface area contributed by atoms with Crippen molar-refractivity contribution in [2.75, 3.05) is 25.9 Å². The first-order chi connectivity index (χ1) is 9.14. The van der Waals surface area contributed by atoms with Gasteiger partial charge in [0, 0.05) is 13.1 Å². The van der Waals surface area contributed by atoms with E-state index in [1.165, 1.54) is 12.1 Å². The first-order valence-corrected chi connectivity index (χ1v) is 7.93. The Morgan fingerprint density at radius 1 is 1.40 bits per heavy atom. The standard InChI is InChI=1S/C14H20N2O3S/c1-14(2,17)11-16(3)7-8-20(18,19)13-6-4-5-12(9-13)10-15/h4-6,9,17H,7-8,11H2,1-3H3. The first-order valence-electron chi connectivity index (χ1n) is 6.28. The minimum atomic E-state index is -3.42. The third-order valence-corrected chi connectivity index (χ3v) is 4.41. The molecule has 0 saturated heterocycles. The van der Waals surface area contributed by atoms with E-state index in [1.807, 2.05) is 6.07 Å². The highest BCUT2D eigenvalue weighted by Crippen LogP contribution is 2.13. The van der Waals surface area contributed by atoms with Crippen LogP contribution in [0.25, 0.3) is 0 Å². The fourth-order valence-electron chi connectivity index (χ4n) is 1.89.